The van der Waals surface area contributed by atoms with Gasteiger partial charge >= 0.3 is 0 Å². The van der Waals surface area contributed by atoms with Gasteiger partial charge < -0.3 is 5.32 Å². The van der Waals surface area contributed by atoms with E-state index in [-0.39, 0.29) is 17.2 Å². The standard InChI is InChI=1S/C13H23N3O/c1-8(2)9(3)12(17)14-11-7-10(15-16-11)13(4,5)6/h7-9H,1-6H3,(H2,14,15,16,17). The first-order chi connectivity index (χ1) is 7.71. The van der Waals surface area contributed by atoms with Crippen molar-refractivity contribution in [3.63, 3.8) is 0 Å². The molecular formula is C13H23N3O. The highest BCUT2D eigenvalue weighted by atomic mass is 16.1. The molecule has 0 aliphatic rings. The highest BCUT2D eigenvalue weighted by molar-refractivity contribution is 5.91. The second kappa shape index (κ2) is 4.90. The van der Waals surface area contributed by atoms with Crippen molar-refractivity contribution in [2.45, 2.75) is 47.0 Å². The predicted octanol–water partition coefficient (Wildman–Crippen LogP) is 2.94. The Bertz CT molecular complexity index is 388. The van der Waals surface area contributed by atoms with Crippen molar-refractivity contribution in [3.8, 4) is 0 Å². The number of amides is 1. The van der Waals surface area contributed by atoms with E-state index in [1.54, 1.807) is 0 Å². The molecular weight excluding hydrogens is 214 g/mol. The van der Waals surface area contributed by atoms with Crippen molar-refractivity contribution in [3.05, 3.63) is 11.8 Å². The van der Waals surface area contributed by atoms with Crippen LogP contribution in [0, 0.1) is 11.8 Å². The number of carbonyl (C=O) groups excluding carboxylic acids is 1. The Hall–Kier alpha value is -1.32. The zero-order chi connectivity index (χ0) is 13.2. The SMILES string of the molecule is CC(C)C(C)C(=O)Nc1cc(C(C)(C)C)[nH]n1. The van der Waals surface area contributed by atoms with Gasteiger partial charge in [-0.05, 0) is 5.92 Å². The molecule has 0 aliphatic carbocycles. The van der Waals surface area contributed by atoms with Crippen LogP contribution >= 0.6 is 0 Å². The van der Waals surface area contributed by atoms with E-state index in [9.17, 15) is 4.79 Å². The number of aromatic amines is 1. The summed E-state index contributed by atoms with van der Waals surface area (Å²) < 4.78 is 0. The predicted molar refractivity (Wildman–Crippen MR) is 69.9 cm³/mol. The number of carbonyl (C=O) groups is 1. The molecule has 1 aromatic rings. The maximum absolute atomic E-state index is 11.8. The largest absolute Gasteiger partial charge is 0.309 e. The topological polar surface area (TPSA) is 57.8 Å². The van der Waals surface area contributed by atoms with Crippen molar-refractivity contribution in [2.75, 3.05) is 5.32 Å². The fraction of sp³-hybridized carbons (Fsp3) is 0.692. The zero-order valence-electron chi connectivity index (χ0n) is 11.6. The molecule has 0 fully saturated rings. The Morgan fingerprint density at radius 2 is 1.94 bits per heavy atom. The molecule has 0 radical (unpaired) electrons. The molecule has 4 nitrogen and oxygen atoms in total. The van der Waals surface area contributed by atoms with Crippen LogP contribution in [0.4, 0.5) is 5.82 Å². The summed E-state index contributed by atoms with van der Waals surface area (Å²) in [6.07, 6.45) is 0. The van der Waals surface area contributed by atoms with Crippen molar-refractivity contribution in [2.24, 2.45) is 11.8 Å². The summed E-state index contributed by atoms with van der Waals surface area (Å²) in [5.74, 6) is 0.945. The lowest BCUT2D eigenvalue weighted by atomic mass is 9.92. The number of H-pyrrole nitrogens is 1. The first-order valence-electron chi connectivity index (χ1n) is 6.08. The van der Waals surface area contributed by atoms with Gasteiger partial charge in [-0.15, -0.1) is 0 Å². The summed E-state index contributed by atoms with van der Waals surface area (Å²) in [7, 11) is 0. The summed E-state index contributed by atoms with van der Waals surface area (Å²) in [5, 5.41) is 9.90. The number of nitrogens with zero attached hydrogens (tertiary/aromatic N) is 1. The van der Waals surface area contributed by atoms with Crippen molar-refractivity contribution in [1.29, 1.82) is 0 Å². The third-order valence-corrected chi connectivity index (χ3v) is 3.05. The molecule has 1 amide bonds. The minimum Gasteiger partial charge on any atom is -0.309 e. The second-order valence-corrected chi connectivity index (χ2v) is 5.94. The van der Waals surface area contributed by atoms with E-state index in [2.05, 4.69) is 36.3 Å². The quantitative estimate of drug-likeness (QED) is 0.849. The Morgan fingerprint density at radius 3 is 2.35 bits per heavy atom. The first-order valence-corrected chi connectivity index (χ1v) is 6.08. The molecule has 0 saturated carbocycles. The monoisotopic (exact) mass is 237 g/mol. The molecule has 1 rings (SSSR count). The number of aromatic nitrogens is 2. The second-order valence-electron chi connectivity index (χ2n) is 5.94. The number of rotatable bonds is 3. The van der Waals surface area contributed by atoms with Crippen LogP contribution in [0.2, 0.25) is 0 Å². The highest BCUT2D eigenvalue weighted by Gasteiger charge is 2.20. The van der Waals surface area contributed by atoms with E-state index < -0.39 is 0 Å². The molecule has 1 aromatic heterocycles. The van der Waals surface area contributed by atoms with Crippen LogP contribution in [-0.2, 0) is 10.2 Å². The Morgan fingerprint density at radius 1 is 1.35 bits per heavy atom. The van der Waals surface area contributed by atoms with E-state index >= 15 is 0 Å². The van der Waals surface area contributed by atoms with Crippen LogP contribution in [-0.4, -0.2) is 16.1 Å². The number of hydrogen-bond donors (Lipinski definition) is 2. The van der Waals surface area contributed by atoms with Crippen molar-refractivity contribution >= 4 is 11.7 Å². The van der Waals surface area contributed by atoms with Gasteiger partial charge in [-0.2, -0.15) is 5.10 Å². The van der Waals surface area contributed by atoms with Gasteiger partial charge in [-0.25, -0.2) is 0 Å². The molecule has 1 heterocycles. The summed E-state index contributed by atoms with van der Waals surface area (Å²) in [4.78, 5) is 11.8. The van der Waals surface area contributed by atoms with E-state index in [0.717, 1.165) is 5.69 Å². The molecule has 0 aliphatic heterocycles. The number of anilines is 1. The van der Waals surface area contributed by atoms with Crippen LogP contribution in [0.5, 0.6) is 0 Å². The van der Waals surface area contributed by atoms with Gasteiger partial charge in [0, 0.05) is 23.1 Å². The average Bonchev–Trinajstić information content (AvgIpc) is 2.64. The molecule has 0 spiro atoms. The van der Waals surface area contributed by atoms with Gasteiger partial charge in [0.2, 0.25) is 5.91 Å². The molecule has 17 heavy (non-hydrogen) atoms. The molecule has 96 valence electrons. The van der Waals surface area contributed by atoms with Gasteiger partial charge in [0.15, 0.2) is 5.82 Å². The van der Waals surface area contributed by atoms with Crippen LogP contribution in [0.1, 0.15) is 47.2 Å². The molecule has 4 heteroatoms. The van der Waals surface area contributed by atoms with Gasteiger partial charge in [0.1, 0.15) is 0 Å². The third kappa shape index (κ3) is 3.58. The number of nitrogens with one attached hydrogen (secondary N) is 2. The lowest BCUT2D eigenvalue weighted by Gasteiger charge is -2.15. The van der Waals surface area contributed by atoms with Gasteiger partial charge in [0.05, 0.1) is 0 Å². The summed E-state index contributed by atoms with van der Waals surface area (Å²) in [6, 6.07) is 1.89. The summed E-state index contributed by atoms with van der Waals surface area (Å²) in [6.45, 7) is 12.3. The van der Waals surface area contributed by atoms with E-state index in [4.69, 9.17) is 0 Å². The minimum absolute atomic E-state index is 0.00946. The van der Waals surface area contributed by atoms with Crippen LogP contribution in [0.25, 0.3) is 0 Å². The smallest absolute Gasteiger partial charge is 0.228 e. The van der Waals surface area contributed by atoms with Gasteiger partial charge in [-0.3, -0.25) is 9.89 Å². The summed E-state index contributed by atoms with van der Waals surface area (Å²) >= 11 is 0. The molecule has 0 bridgehead atoms. The fourth-order valence-electron chi connectivity index (χ4n) is 1.31. The lowest BCUT2D eigenvalue weighted by Crippen LogP contribution is -2.24. The molecule has 1 atom stereocenters. The van der Waals surface area contributed by atoms with E-state index in [1.807, 2.05) is 26.8 Å². The lowest BCUT2D eigenvalue weighted by molar-refractivity contribution is -0.120. The van der Waals surface area contributed by atoms with Crippen LogP contribution in [0.3, 0.4) is 0 Å². The third-order valence-electron chi connectivity index (χ3n) is 3.05. The average molecular weight is 237 g/mol. The zero-order valence-corrected chi connectivity index (χ0v) is 11.6. The minimum atomic E-state index is -0.00946. The van der Waals surface area contributed by atoms with Gasteiger partial charge in [-0.1, -0.05) is 41.5 Å². The number of hydrogen-bond acceptors (Lipinski definition) is 2. The van der Waals surface area contributed by atoms with Crippen molar-refractivity contribution in [1.82, 2.24) is 10.2 Å². The Kier molecular flexibility index (Phi) is 3.96. The van der Waals surface area contributed by atoms with Crippen molar-refractivity contribution < 1.29 is 4.79 Å². The maximum Gasteiger partial charge on any atom is 0.228 e. The fourth-order valence-corrected chi connectivity index (χ4v) is 1.31. The maximum atomic E-state index is 11.8. The summed E-state index contributed by atoms with van der Waals surface area (Å²) in [5.41, 5.74) is 1.03. The van der Waals surface area contributed by atoms with Crippen LogP contribution < -0.4 is 5.32 Å². The first kappa shape index (κ1) is 13.7. The molecule has 2 N–H and O–H groups in total. The van der Waals surface area contributed by atoms with Crippen LogP contribution in [0.15, 0.2) is 6.07 Å². The Labute approximate surface area is 103 Å². The molecule has 0 saturated heterocycles. The normalized spacial score (nSPS) is 13.8. The molecule has 0 aromatic carbocycles. The van der Waals surface area contributed by atoms with Gasteiger partial charge in [0.25, 0.3) is 0 Å². The highest BCUT2D eigenvalue weighted by Crippen LogP contribution is 2.22. The Balaban J connectivity index is 2.71. The molecule has 1 unspecified atom stereocenters. The van der Waals surface area contributed by atoms with E-state index in [1.165, 1.54) is 0 Å². The van der Waals surface area contributed by atoms with E-state index in [0.29, 0.717) is 11.7 Å².